The van der Waals surface area contributed by atoms with Crippen molar-refractivity contribution in [2.45, 2.75) is 4.90 Å². The Labute approximate surface area is 145 Å². The molecule has 0 saturated carbocycles. The number of methoxy groups -OCH3 is 1. The van der Waals surface area contributed by atoms with E-state index in [2.05, 4.69) is 35.6 Å². The Morgan fingerprint density at radius 2 is 2.17 bits per heavy atom. The van der Waals surface area contributed by atoms with E-state index in [0.717, 1.165) is 0 Å². The first-order valence-corrected chi connectivity index (χ1v) is 8.92. The number of fused-ring (bicyclic) bond motifs is 1. The summed E-state index contributed by atoms with van der Waals surface area (Å²) in [6, 6.07) is 4.90. The van der Waals surface area contributed by atoms with E-state index >= 15 is 0 Å². The number of aromatic nitrogens is 3. The largest absolute Gasteiger partial charge is 0.480 e. The van der Waals surface area contributed by atoms with Gasteiger partial charge < -0.3 is 9.72 Å². The van der Waals surface area contributed by atoms with E-state index in [1.807, 2.05) is 0 Å². The zero-order valence-corrected chi connectivity index (χ0v) is 14.8. The van der Waals surface area contributed by atoms with Crippen LogP contribution in [-0.2, 0) is 10.0 Å². The molecule has 0 aliphatic carbocycles. The molecular formula is C13H10BrClN4O3S. The summed E-state index contributed by atoms with van der Waals surface area (Å²) in [5.74, 6) is 0.136. The molecule has 3 aromatic rings. The number of nitrogens with one attached hydrogen (secondary N) is 2. The molecular weight excluding hydrogens is 408 g/mol. The van der Waals surface area contributed by atoms with Crippen LogP contribution in [0.3, 0.4) is 0 Å². The first-order valence-electron chi connectivity index (χ1n) is 6.26. The summed E-state index contributed by atoms with van der Waals surface area (Å²) in [6.07, 6.45) is 2.79. The Kier molecular flexibility index (Phi) is 4.17. The van der Waals surface area contributed by atoms with Crippen molar-refractivity contribution in [3.05, 3.63) is 40.1 Å². The molecule has 2 aromatic heterocycles. The molecule has 10 heteroatoms. The van der Waals surface area contributed by atoms with Crippen molar-refractivity contribution >= 4 is 54.4 Å². The van der Waals surface area contributed by atoms with Crippen LogP contribution >= 0.6 is 27.5 Å². The molecule has 0 fully saturated rings. The lowest BCUT2D eigenvalue weighted by Gasteiger charge is -2.07. The number of hydrogen-bond acceptors (Lipinski definition) is 5. The van der Waals surface area contributed by atoms with Crippen LogP contribution in [0, 0.1) is 0 Å². The second kappa shape index (κ2) is 5.99. The van der Waals surface area contributed by atoms with Crippen molar-refractivity contribution in [1.82, 2.24) is 15.0 Å². The van der Waals surface area contributed by atoms with Gasteiger partial charge in [0.1, 0.15) is 4.90 Å². The molecule has 0 amide bonds. The standard InChI is InChI=1S/C13H10BrClN4O3S/c1-22-12-9(14)5-17-13(18-12)19-23(20,21)11-6-16-10-4-7(15)2-3-8(10)11/h2-6,16H,1H3,(H,17,18,19). The van der Waals surface area contributed by atoms with Gasteiger partial charge in [0, 0.05) is 22.1 Å². The Bertz CT molecular complexity index is 990. The third-order valence-electron chi connectivity index (χ3n) is 3.03. The lowest BCUT2D eigenvalue weighted by Crippen LogP contribution is -2.15. The smallest absolute Gasteiger partial charge is 0.266 e. The zero-order chi connectivity index (χ0) is 16.6. The van der Waals surface area contributed by atoms with Crippen molar-refractivity contribution < 1.29 is 13.2 Å². The molecule has 23 heavy (non-hydrogen) atoms. The Morgan fingerprint density at radius 3 is 2.91 bits per heavy atom. The fourth-order valence-electron chi connectivity index (χ4n) is 2.01. The van der Waals surface area contributed by atoms with Crippen molar-refractivity contribution in [2.75, 3.05) is 11.8 Å². The van der Waals surface area contributed by atoms with Crippen molar-refractivity contribution in [2.24, 2.45) is 0 Å². The van der Waals surface area contributed by atoms with Crippen LogP contribution in [-0.4, -0.2) is 30.5 Å². The molecule has 0 saturated heterocycles. The lowest BCUT2D eigenvalue weighted by molar-refractivity contribution is 0.394. The number of benzene rings is 1. The third-order valence-corrected chi connectivity index (χ3v) is 5.17. The highest BCUT2D eigenvalue weighted by Crippen LogP contribution is 2.27. The molecule has 0 atom stereocenters. The van der Waals surface area contributed by atoms with Crippen LogP contribution in [0.4, 0.5) is 5.95 Å². The Hall–Kier alpha value is -1.84. The van der Waals surface area contributed by atoms with Gasteiger partial charge in [-0.05, 0) is 34.1 Å². The monoisotopic (exact) mass is 416 g/mol. The quantitative estimate of drug-likeness (QED) is 0.679. The lowest BCUT2D eigenvalue weighted by atomic mass is 10.2. The van der Waals surface area contributed by atoms with Crippen LogP contribution in [0.1, 0.15) is 0 Å². The van der Waals surface area contributed by atoms with Gasteiger partial charge in [-0.25, -0.2) is 18.1 Å². The number of hydrogen-bond donors (Lipinski definition) is 2. The summed E-state index contributed by atoms with van der Waals surface area (Å²) in [5, 5.41) is 1.03. The molecule has 0 unspecified atom stereocenters. The summed E-state index contributed by atoms with van der Waals surface area (Å²) in [4.78, 5) is 10.8. The molecule has 0 aliphatic rings. The van der Waals surface area contributed by atoms with Gasteiger partial charge in [0.25, 0.3) is 10.0 Å². The maximum Gasteiger partial charge on any atom is 0.266 e. The average Bonchev–Trinajstić information content (AvgIpc) is 2.92. The molecule has 0 aliphatic heterocycles. The van der Waals surface area contributed by atoms with Crippen LogP contribution in [0.25, 0.3) is 10.9 Å². The number of anilines is 1. The van der Waals surface area contributed by atoms with Gasteiger partial charge in [-0.2, -0.15) is 4.98 Å². The van der Waals surface area contributed by atoms with E-state index < -0.39 is 10.0 Å². The van der Waals surface area contributed by atoms with Gasteiger partial charge in [0.05, 0.1) is 17.8 Å². The van der Waals surface area contributed by atoms with Crippen LogP contribution < -0.4 is 9.46 Å². The normalized spacial score (nSPS) is 11.6. The molecule has 3 rings (SSSR count). The molecule has 1 aromatic carbocycles. The van der Waals surface area contributed by atoms with Crippen LogP contribution in [0.15, 0.2) is 40.0 Å². The SMILES string of the molecule is COc1nc(NS(=O)(=O)c2c[nH]c3cc(Cl)ccc23)ncc1Br. The predicted octanol–water partition coefficient (Wildman–Crippen LogP) is 3.18. The number of halogens is 2. The molecule has 7 nitrogen and oxygen atoms in total. The van der Waals surface area contributed by atoms with Gasteiger partial charge in [-0.1, -0.05) is 11.6 Å². The number of ether oxygens (including phenoxy) is 1. The summed E-state index contributed by atoms with van der Waals surface area (Å²) in [5.41, 5.74) is 0.618. The maximum atomic E-state index is 12.5. The van der Waals surface area contributed by atoms with Crippen LogP contribution in [0.5, 0.6) is 5.88 Å². The highest BCUT2D eigenvalue weighted by Gasteiger charge is 2.21. The Morgan fingerprint density at radius 1 is 1.39 bits per heavy atom. The van der Waals surface area contributed by atoms with Gasteiger partial charge >= 0.3 is 0 Å². The summed E-state index contributed by atoms with van der Waals surface area (Å²) in [7, 11) is -2.44. The van der Waals surface area contributed by atoms with Crippen molar-refractivity contribution in [3.63, 3.8) is 0 Å². The minimum atomic E-state index is -3.87. The Balaban J connectivity index is 2.01. The van der Waals surface area contributed by atoms with E-state index in [-0.39, 0.29) is 16.7 Å². The van der Waals surface area contributed by atoms with Gasteiger partial charge in [0.15, 0.2) is 0 Å². The molecule has 0 bridgehead atoms. The highest BCUT2D eigenvalue weighted by atomic mass is 79.9. The van der Waals surface area contributed by atoms with E-state index in [9.17, 15) is 8.42 Å². The number of sulfonamides is 1. The van der Waals surface area contributed by atoms with Gasteiger partial charge in [-0.15, -0.1) is 0 Å². The fourth-order valence-corrected chi connectivity index (χ4v) is 3.67. The van der Waals surface area contributed by atoms with Gasteiger partial charge in [-0.3, -0.25) is 0 Å². The topological polar surface area (TPSA) is 97.0 Å². The first-order chi connectivity index (χ1) is 10.9. The van der Waals surface area contributed by atoms with E-state index in [1.54, 1.807) is 18.2 Å². The highest BCUT2D eigenvalue weighted by molar-refractivity contribution is 9.10. The first kappa shape index (κ1) is 16.0. The van der Waals surface area contributed by atoms with Crippen LogP contribution in [0.2, 0.25) is 5.02 Å². The summed E-state index contributed by atoms with van der Waals surface area (Å²) < 4.78 is 33.0. The summed E-state index contributed by atoms with van der Waals surface area (Å²) in [6.45, 7) is 0. The molecule has 0 spiro atoms. The molecule has 120 valence electrons. The minimum absolute atomic E-state index is 0.0784. The van der Waals surface area contributed by atoms with Gasteiger partial charge in [0.2, 0.25) is 11.8 Å². The molecule has 0 radical (unpaired) electrons. The second-order valence-electron chi connectivity index (χ2n) is 4.50. The second-order valence-corrected chi connectivity index (χ2v) is 7.44. The molecule has 2 heterocycles. The summed E-state index contributed by atoms with van der Waals surface area (Å²) >= 11 is 9.10. The number of H-pyrrole nitrogens is 1. The van der Waals surface area contributed by atoms with Crippen molar-refractivity contribution in [1.29, 1.82) is 0 Å². The van der Waals surface area contributed by atoms with Crippen molar-refractivity contribution in [3.8, 4) is 5.88 Å². The van der Waals surface area contributed by atoms with E-state index in [4.69, 9.17) is 16.3 Å². The number of aromatic amines is 1. The van der Waals surface area contributed by atoms with E-state index in [1.165, 1.54) is 19.5 Å². The predicted molar refractivity (Wildman–Crippen MR) is 90.4 cm³/mol. The minimum Gasteiger partial charge on any atom is -0.480 e. The third kappa shape index (κ3) is 3.12. The fraction of sp³-hybridized carbons (Fsp3) is 0.0769. The average molecular weight is 418 g/mol. The van der Waals surface area contributed by atoms with E-state index in [0.29, 0.717) is 20.4 Å². The number of nitrogens with zero attached hydrogens (tertiary/aromatic N) is 2. The number of rotatable bonds is 4. The molecule has 2 N–H and O–H groups in total. The maximum absolute atomic E-state index is 12.5. The zero-order valence-electron chi connectivity index (χ0n) is 11.7.